The first kappa shape index (κ1) is 13.6. The second kappa shape index (κ2) is 4.85. The standard InChI is InChI=1S/C15H14FN3O2/c16-12-7-10(8-17)3-4-11(12)9-19-14(21)18-13(20)15(19)5-1-2-6-15/h3-4,7H,1-2,5-6,9H2,(H,18,20,21). The van der Waals surface area contributed by atoms with Crippen LogP contribution in [0.1, 0.15) is 36.8 Å². The third-order valence-corrected chi connectivity index (χ3v) is 4.35. The summed E-state index contributed by atoms with van der Waals surface area (Å²) in [5.41, 5.74) is -0.281. The summed E-state index contributed by atoms with van der Waals surface area (Å²) in [6.45, 7) is 0.0368. The molecule has 6 heteroatoms. The Hall–Kier alpha value is -2.42. The zero-order valence-electron chi connectivity index (χ0n) is 11.4. The van der Waals surface area contributed by atoms with Crippen LogP contribution in [0, 0.1) is 17.1 Å². The van der Waals surface area contributed by atoms with E-state index in [1.54, 1.807) is 0 Å². The summed E-state index contributed by atoms with van der Waals surface area (Å²) >= 11 is 0. The molecular weight excluding hydrogens is 273 g/mol. The third kappa shape index (κ3) is 2.05. The number of imide groups is 1. The van der Waals surface area contributed by atoms with E-state index in [9.17, 15) is 14.0 Å². The molecular formula is C15H14FN3O2. The molecule has 1 aliphatic heterocycles. The van der Waals surface area contributed by atoms with Crippen molar-refractivity contribution in [1.29, 1.82) is 5.26 Å². The SMILES string of the molecule is N#Cc1ccc(CN2C(=O)NC(=O)C23CCCC3)c(F)c1. The van der Waals surface area contributed by atoms with Crippen molar-refractivity contribution in [2.24, 2.45) is 0 Å². The lowest BCUT2D eigenvalue weighted by atomic mass is 9.95. The van der Waals surface area contributed by atoms with E-state index in [0.29, 0.717) is 18.4 Å². The molecule has 1 N–H and O–H groups in total. The van der Waals surface area contributed by atoms with Gasteiger partial charge in [0.25, 0.3) is 5.91 Å². The van der Waals surface area contributed by atoms with Crippen LogP contribution in [0.25, 0.3) is 0 Å². The van der Waals surface area contributed by atoms with Crippen molar-refractivity contribution in [3.8, 4) is 6.07 Å². The molecule has 1 spiro atoms. The first-order valence-corrected chi connectivity index (χ1v) is 6.88. The van der Waals surface area contributed by atoms with Crippen LogP contribution in [0.4, 0.5) is 9.18 Å². The summed E-state index contributed by atoms with van der Waals surface area (Å²) in [6, 6.07) is 5.55. The molecule has 1 aromatic rings. The fourth-order valence-corrected chi connectivity index (χ4v) is 3.19. The van der Waals surface area contributed by atoms with E-state index in [-0.39, 0.29) is 18.0 Å². The molecule has 108 valence electrons. The van der Waals surface area contributed by atoms with Crippen molar-refractivity contribution in [2.75, 3.05) is 0 Å². The number of halogens is 1. The quantitative estimate of drug-likeness (QED) is 0.846. The molecule has 2 fully saturated rings. The number of rotatable bonds is 2. The number of urea groups is 1. The van der Waals surface area contributed by atoms with E-state index in [0.717, 1.165) is 18.9 Å². The normalized spacial score (nSPS) is 19.9. The Bertz CT molecular complexity index is 659. The molecule has 0 aromatic heterocycles. The van der Waals surface area contributed by atoms with Gasteiger partial charge in [-0.25, -0.2) is 9.18 Å². The first-order chi connectivity index (χ1) is 10.1. The van der Waals surface area contributed by atoms with E-state index < -0.39 is 17.4 Å². The number of benzene rings is 1. The van der Waals surface area contributed by atoms with E-state index >= 15 is 0 Å². The molecule has 21 heavy (non-hydrogen) atoms. The van der Waals surface area contributed by atoms with Gasteiger partial charge >= 0.3 is 6.03 Å². The van der Waals surface area contributed by atoms with Crippen molar-refractivity contribution in [2.45, 2.75) is 37.8 Å². The zero-order valence-corrected chi connectivity index (χ0v) is 11.4. The average Bonchev–Trinajstić information content (AvgIpc) is 3.03. The van der Waals surface area contributed by atoms with Gasteiger partial charge in [0, 0.05) is 5.56 Å². The molecule has 0 radical (unpaired) electrons. The molecule has 3 amide bonds. The maximum Gasteiger partial charge on any atom is 0.325 e. The molecule has 3 rings (SSSR count). The van der Waals surface area contributed by atoms with Gasteiger partial charge < -0.3 is 4.90 Å². The Kier molecular flexibility index (Phi) is 3.13. The molecule has 0 bridgehead atoms. The van der Waals surface area contributed by atoms with Gasteiger partial charge in [0.15, 0.2) is 0 Å². The number of nitriles is 1. The highest BCUT2D eigenvalue weighted by Crippen LogP contribution is 2.39. The molecule has 1 saturated carbocycles. The summed E-state index contributed by atoms with van der Waals surface area (Å²) in [5, 5.41) is 11.1. The smallest absolute Gasteiger partial charge is 0.305 e. The third-order valence-electron chi connectivity index (χ3n) is 4.35. The molecule has 2 aliphatic rings. The van der Waals surface area contributed by atoms with E-state index in [4.69, 9.17) is 5.26 Å². The monoisotopic (exact) mass is 287 g/mol. The van der Waals surface area contributed by atoms with E-state index in [1.807, 2.05) is 6.07 Å². The van der Waals surface area contributed by atoms with Crippen LogP contribution < -0.4 is 5.32 Å². The Balaban J connectivity index is 1.91. The number of hydrogen-bond acceptors (Lipinski definition) is 3. The highest BCUT2D eigenvalue weighted by molar-refractivity contribution is 6.07. The second-order valence-electron chi connectivity index (χ2n) is 5.50. The van der Waals surface area contributed by atoms with Crippen LogP contribution in [0.3, 0.4) is 0 Å². The van der Waals surface area contributed by atoms with Gasteiger partial charge in [0.2, 0.25) is 0 Å². The summed E-state index contributed by atoms with van der Waals surface area (Å²) in [6.07, 6.45) is 2.99. The largest absolute Gasteiger partial charge is 0.325 e. The van der Waals surface area contributed by atoms with Crippen LogP contribution in [0.15, 0.2) is 18.2 Å². The zero-order chi connectivity index (χ0) is 15.0. The summed E-state index contributed by atoms with van der Waals surface area (Å²) in [7, 11) is 0. The number of carbonyl (C=O) groups is 2. The van der Waals surface area contributed by atoms with E-state index in [2.05, 4.69) is 5.32 Å². The predicted octanol–water partition coefficient (Wildman–Crippen LogP) is 2.06. The molecule has 5 nitrogen and oxygen atoms in total. The summed E-state index contributed by atoms with van der Waals surface area (Å²) < 4.78 is 14.0. The van der Waals surface area contributed by atoms with Gasteiger partial charge in [-0.3, -0.25) is 10.1 Å². The fourth-order valence-electron chi connectivity index (χ4n) is 3.19. The first-order valence-electron chi connectivity index (χ1n) is 6.88. The minimum absolute atomic E-state index is 0.0368. The van der Waals surface area contributed by atoms with Gasteiger partial charge in [-0.1, -0.05) is 18.9 Å². The minimum atomic E-state index is -0.822. The fraction of sp³-hybridized carbons (Fsp3) is 0.400. The molecule has 1 saturated heterocycles. The van der Waals surface area contributed by atoms with Gasteiger partial charge in [-0.2, -0.15) is 5.26 Å². The van der Waals surface area contributed by atoms with Crippen LogP contribution in [-0.4, -0.2) is 22.4 Å². The highest BCUT2D eigenvalue weighted by Gasteiger charge is 2.54. The highest BCUT2D eigenvalue weighted by atomic mass is 19.1. The van der Waals surface area contributed by atoms with Gasteiger partial charge in [-0.05, 0) is 25.0 Å². The van der Waals surface area contributed by atoms with Crippen LogP contribution >= 0.6 is 0 Å². The maximum absolute atomic E-state index is 14.0. The van der Waals surface area contributed by atoms with Gasteiger partial charge in [0.05, 0.1) is 18.2 Å². The van der Waals surface area contributed by atoms with Crippen molar-refractivity contribution in [3.63, 3.8) is 0 Å². The number of amides is 3. The lowest BCUT2D eigenvalue weighted by Crippen LogP contribution is -2.46. The Labute approximate surface area is 121 Å². The van der Waals surface area contributed by atoms with Crippen molar-refractivity contribution < 1.29 is 14.0 Å². The summed E-state index contributed by atoms with van der Waals surface area (Å²) in [5.74, 6) is -0.812. The van der Waals surface area contributed by atoms with Crippen molar-refractivity contribution in [1.82, 2.24) is 10.2 Å². The lowest BCUT2D eigenvalue weighted by molar-refractivity contribution is -0.126. The van der Waals surface area contributed by atoms with E-state index in [1.165, 1.54) is 17.0 Å². The molecule has 1 aromatic carbocycles. The Morgan fingerprint density at radius 2 is 2.05 bits per heavy atom. The number of carbonyl (C=O) groups excluding carboxylic acids is 2. The minimum Gasteiger partial charge on any atom is -0.305 e. The number of nitrogens with one attached hydrogen (secondary N) is 1. The molecule has 1 aliphatic carbocycles. The molecule has 0 atom stereocenters. The Morgan fingerprint density at radius 3 is 2.67 bits per heavy atom. The van der Waals surface area contributed by atoms with Crippen LogP contribution in [-0.2, 0) is 11.3 Å². The van der Waals surface area contributed by atoms with Crippen molar-refractivity contribution >= 4 is 11.9 Å². The summed E-state index contributed by atoms with van der Waals surface area (Å²) in [4.78, 5) is 25.5. The maximum atomic E-state index is 14.0. The average molecular weight is 287 g/mol. The molecule has 0 unspecified atom stereocenters. The second-order valence-corrected chi connectivity index (χ2v) is 5.50. The van der Waals surface area contributed by atoms with Crippen LogP contribution in [0.5, 0.6) is 0 Å². The van der Waals surface area contributed by atoms with Gasteiger partial charge in [0.1, 0.15) is 11.4 Å². The molecule has 1 heterocycles. The van der Waals surface area contributed by atoms with Crippen LogP contribution in [0.2, 0.25) is 0 Å². The number of hydrogen-bond donors (Lipinski definition) is 1. The topological polar surface area (TPSA) is 73.2 Å². The predicted molar refractivity (Wildman–Crippen MR) is 71.4 cm³/mol. The lowest BCUT2D eigenvalue weighted by Gasteiger charge is -2.31. The Morgan fingerprint density at radius 1 is 1.33 bits per heavy atom. The number of nitrogens with zero attached hydrogens (tertiary/aromatic N) is 2. The van der Waals surface area contributed by atoms with Crippen molar-refractivity contribution in [3.05, 3.63) is 35.1 Å². The van der Waals surface area contributed by atoms with Gasteiger partial charge in [-0.15, -0.1) is 0 Å².